The van der Waals surface area contributed by atoms with E-state index in [4.69, 9.17) is 17.3 Å². The summed E-state index contributed by atoms with van der Waals surface area (Å²) in [5.41, 5.74) is 0.240. The number of hydrogen-bond acceptors (Lipinski definition) is 4. The summed E-state index contributed by atoms with van der Waals surface area (Å²) in [5, 5.41) is 8.71. The quantitative estimate of drug-likeness (QED) is 0.650. The summed E-state index contributed by atoms with van der Waals surface area (Å²) in [5.74, 6) is -2.16. The average Bonchev–Trinajstić information content (AvgIpc) is 2.60. The van der Waals surface area contributed by atoms with Crippen LogP contribution in [0.5, 0.6) is 0 Å². The van der Waals surface area contributed by atoms with Gasteiger partial charge in [-0.15, -0.1) is 0 Å². The number of amides is 1. The van der Waals surface area contributed by atoms with Crippen LogP contribution < -0.4 is 0 Å². The van der Waals surface area contributed by atoms with Crippen LogP contribution in [0.3, 0.4) is 0 Å². The largest absolute Gasteiger partial charge is 0.480 e. The number of rotatable bonds is 3. The van der Waals surface area contributed by atoms with Gasteiger partial charge in [-0.05, 0) is 18.2 Å². The molecule has 0 radical (unpaired) electrons. The highest BCUT2D eigenvalue weighted by atomic mass is 79.9. The molecule has 0 aromatic heterocycles. The normalized spacial score (nSPS) is 17.1. The van der Waals surface area contributed by atoms with Crippen LogP contribution in [0.25, 0.3) is 6.08 Å². The number of carbonyl (C=O) groups excluding carboxylic acids is 1. The lowest BCUT2D eigenvalue weighted by molar-refractivity contribution is -0.140. The van der Waals surface area contributed by atoms with Crippen LogP contribution in [0.1, 0.15) is 5.56 Å². The van der Waals surface area contributed by atoms with Gasteiger partial charge in [0.1, 0.15) is 16.7 Å². The molecule has 1 aromatic rings. The van der Waals surface area contributed by atoms with E-state index in [-0.39, 0.29) is 14.8 Å². The lowest BCUT2D eigenvalue weighted by Crippen LogP contribution is -2.33. The van der Waals surface area contributed by atoms with E-state index in [1.165, 1.54) is 18.2 Å². The van der Waals surface area contributed by atoms with Crippen molar-refractivity contribution >= 4 is 62.2 Å². The Kier molecular flexibility index (Phi) is 4.56. The van der Waals surface area contributed by atoms with Crippen molar-refractivity contribution in [1.29, 1.82) is 0 Å². The molecular weight excluding hydrogens is 369 g/mol. The van der Waals surface area contributed by atoms with Crippen molar-refractivity contribution < 1.29 is 19.1 Å². The molecule has 20 heavy (non-hydrogen) atoms. The SMILES string of the molecule is O=C(O)CN1C(=O)/C(=C/c2ccc(Br)cc2F)SC1=S. The third kappa shape index (κ3) is 3.25. The first-order valence-corrected chi connectivity index (χ1v) is 7.32. The van der Waals surface area contributed by atoms with Gasteiger partial charge in [-0.2, -0.15) is 0 Å². The fraction of sp³-hybridized carbons (Fsp3) is 0.0833. The Morgan fingerprint density at radius 2 is 2.25 bits per heavy atom. The van der Waals surface area contributed by atoms with Crippen molar-refractivity contribution in [3.05, 3.63) is 39.0 Å². The number of thiocarbonyl (C=S) groups is 1. The van der Waals surface area contributed by atoms with E-state index in [2.05, 4.69) is 15.9 Å². The van der Waals surface area contributed by atoms with Gasteiger partial charge in [0.25, 0.3) is 5.91 Å². The summed E-state index contributed by atoms with van der Waals surface area (Å²) in [7, 11) is 0. The molecule has 1 aromatic carbocycles. The summed E-state index contributed by atoms with van der Waals surface area (Å²) < 4.78 is 14.4. The number of carbonyl (C=O) groups is 2. The first-order chi connectivity index (χ1) is 9.38. The van der Waals surface area contributed by atoms with Crippen LogP contribution in [0, 0.1) is 5.82 Å². The molecule has 104 valence electrons. The Hall–Kier alpha value is -1.25. The van der Waals surface area contributed by atoms with Gasteiger partial charge < -0.3 is 5.11 Å². The highest BCUT2D eigenvalue weighted by Gasteiger charge is 2.33. The fourth-order valence-electron chi connectivity index (χ4n) is 1.53. The summed E-state index contributed by atoms with van der Waals surface area (Å²) in [6.45, 7) is -0.495. The Balaban J connectivity index is 2.30. The number of thioether (sulfide) groups is 1. The second-order valence-electron chi connectivity index (χ2n) is 3.83. The number of aliphatic carboxylic acids is 1. The first-order valence-electron chi connectivity index (χ1n) is 5.30. The molecule has 2 rings (SSSR count). The van der Waals surface area contributed by atoms with Crippen LogP contribution in [-0.4, -0.2) is 32.7 Å². The predicted octanol–water partition coefficient (Wildman–Crippen LogP) is 2.87. The van der Waals surface area contributed by atoms with Gasteiger partial charge in [0, 0.05) is 10.0 Å². The highest BCUT2D eigenvalue weighted by Crippen LogP contribution is 2.33. The van der Waals surface area contributed by atoms with E-state index in [0.717, 1.165) is 16.7 Å². The molecule has 8 heteroatoms. The number of benzene rings is 1. The Bertz CT molecular complexity index is 648. The maximum absolute atomic E-state index is 13.7. The molecular formula is C12H7BrFNO3S2. The third-order valence-corrected chi connectivity index (χ3v) is 4.29. The molecule has 1 aliphatic rings. The number of carboxylic acids is 1. The number of halogens is 2. The molecule has 0 atom stereocenters. The molecule has 1 amide bonds. The molecule has 1 aliphatic heterocycles. The van der Waals surface area contributed by atoms with Gasteiger partial charge in [0.05, 0.1) is 4.91 Å². The van der Waals surface area contributed by atoms with Crippen molar-refractivity contribution in [2.24, 2.45) is 0 Å². The predicted molar refractivity (Wildman–Crippen MR) is 81.6 cm³/mol. The minimum Gasteiger partial charge on any atom is -0.480 e. The third-order valence-electron chi connectivity index (χ3n) is 2.42. The maximum Gasteiger partial charge on any atom is 0.323 e. The zero-order chi connectivity index (χ0) is 14.9. The number of nitrogens with zero attached hydrogens (tertiary/aromatic N) is 1. The van der Waals surface area contributed by atoms with E-state index in [9.17, 15) is 14.0 Å². The Morgan fingerprint density at radius 1 is 1.55 bits per heavy atom. The molecule has 1 fully saturated rings. The highest BCUT2D eigenvalue weighted by molar-refractivity contribution is 9.10. The molecule has 0 saturated carbocycles. The molecule has 0 unspecified atom stereocenters. The molecule has 1 saturated heterocycles. The van der Waals surface area contributed by atoms with Crippen molar-refractivity contribution in [3.63, 3.8) is 0 Å². The Labute approximate surface area is 131 Å². The van der Waals surface area contributed by atoms with E-state index >= 15 is 0 Å². The standard InChI is InChI=1S/C12H7BrFNO3S2/c13-7-2-1-6(8(14)4-7)3-9-11(18)15(5-10(16)17)12(19)20-9/h1-4H,5H2,(H,16,17)/b9-3-. The van der Waals surface area contributed by atoms with Crippen molar-refractivity contribution in [2.75, 3.05) is 6.54 Å². The zero-order valence-corrected chi connectivity index (χ0v) is 13.0. The van der Waals surface area contributed by atoms with Gasteiger partial charge in [0.15, 0.2) is 0 Å². The van der Waals surface area contributed by atoms with Crippen LogP contribution in [-0.2, 0) is 9.59 Å². The molecule has 1 N–H and O–H groups in total. The van der Waals surface area contributed by atoms with Gasteiger partial charge in [-0.25, -0.2) is 4.39 Å². The second kappa shape index (κ2) is 6.02. The molecule has 1 heterocycles. The first kappa shape index (κ1) is 15.1. The molecule has 0 spiro atoms. The maximum atomic E-state index is 13.7. The van der Waals surface area contributed by atoms with E-state index in [1.807, 2.05) is 0 Å². The van der Waals surface area contributed by atoms with Gasteiger partial charge >= 0.3 is 5.97 Å². The van der Waals surface area contributed by atoms with Crippen molar-refractivity contribution in [3.8, 4) is 0 Å². The number of carboxylic acid groups (broad SMARTS) is 1. The zero-order valence-electron chi connectivity index (χ0n) is 9.80. The topological polar surface area (TPSA) is 57.6 Å². The second-order valence-corrected chi connectivity index (χ2v) is 6.42. The van der Waals surface area contributed by atoms with Gasteiger partial charge in [-0.1, -0.05) is 46.0 Å². The Morgan fingerprint density at radius 3 is 2.85 bits per heavy atom. The number of hydrogen-bond donors (Lipinski definition) is 1. The summed E-state index contributed by atoms with van der Waals surface area (Å²) in [6, 6.07) is 4.44. The summed E-state index contributed by atoms with van der Waals surface area (Å²) in [4.78, 5) is 23.8. The van der Waals surface area contributed by atoms with Crippen molar-refractivity contribution in [2.45, 2.75) is 0 Å². The lowest BCUT2D eigenvalue weighted by Gasteiger charge is -2.10. The van der Waals surface area contributed by atoms with Crippen LogP contribution in [0.2, 0.25) is 0 Å². The van der Waals surface area contributed by atoms with Gasteiger partial charge in [-0.3, -0.25) is 14.5 Å². The molecule has 0 aliphatic carbocycles. The lowest BCUT2D eigenvalue weighted by atomic mass is 10.2. The van der Waals surface area contributed by atoms with Crippen molar-refractivity contribution in [1.82, 2.24) is 4.90 Å². The summed E-state index contributed by atoms with van der Waals surface area (Å²) in [6.07, 6.45) is 1.36. The molecule has 4 nitrogen and oxygen atoms in total. The van der Waals surface area contributed by atoms with Crippen LogP contribution in [0.4, 0.5) is 4.39 Å². The fourth-order valence-corrected chi connectivity index (χ4v) is 3.11. The van der Waals surface area contributed by atoms with Crippen LogP contribution in [0.15, 0.2) is 27.6 Å². The smallest absolute Gasteiger partial charge is 0.323 e. The molecule has 0 bridgehead atoms. The van der Waals surface area contributed by atoms with E-state index in [1.54, 1.807) is 6.07 Å². The van der Waals surface area contributed by atoms with Gasteiger partial charge in [0.2, 0.25) is 0 Å². The van der Waals surface area contributed by atoms with E-state index < -0.39 is 24.2 Å². The van der Waals surface area contributed by atoms with E-state index in [0.29, 0.717) is 4.47 Å². The van der Waals surface area contributed by atoms with Crippen LogP contribution >= 0.6 is 39.9 Å². The minimum absolute atomic E-state index is 0.154. The summed E-state index contributed by atoms with van der Waals surface area (Å²) >= 11 is 9.04. The monoisotopic (exact) mass is 375 g/mol. The average molecular weight is 376 g/mol. The minimum atomic E-state index is -1.16.